The molecule has 0 atom stereocenters. The quantitative estimate of drug-likeness (QED) is 0.576. The molecule has 1 aliphatic rings. The summed E-state index contributed by atoms with van der Waals surface area (Å²) in [5, 5.41) is 0. The van der Waals surface area contributed by atoms with Crippen molar-refractivity contribution in [1.29, 1.82) is 0 Å². The first-order valence-corrected chi connectivity index (χ1v) is 4.62. The molecule has 2 heteroatoms. The van der Waals surface area contributed by atoms with Gasteiger partial charge in [0.25, 0.3) is 0 Å². The van der Waals surface area contributed by atoms with Crippen LogP contribution >= 0.6 is 0 Å². The molecule has 0 aromatic rings. The van der Waals surface area contributed by atoms with Crippen LogP contribution in [0, 0.1) is 0 Å². The van der Waals surface area contributed by atoms with E-state index in [-0.39, 0.29) is 5.91 Å². The minimum absolute atomic E-state index is 0.266. The van der Waals surface area contributed by atoms with Gasteiger partial charge >= 0.3 is 0 Å². The Kier molecular flexibility index (Phi) is 2.90. The van der Waals surface area contributed by atoms with Crippen LogP contribution in [0.3, 0.4) is 0 Å². The van der Waals surface area contributed by atoms with E-state index in [9.17, 15) is 4.79 Å². The molecule has 0 unspecified atom stereocenters. The third kappa shape index (κ3) is 1.87. The SMILES string of the molecule is CCC1=CCC(=O)N(C(C)C)C1. The van der Waals surface area contributed by atoms with Gasteiger partial charge in [0, 0.05) is 19.0 Å². The van der Waals surface area contributed by atoms with E-state index >= 15 is 0 Å². The van der Waals surface area contributed by atoms with E-state index in [1.165, 1.54) is 5.57 Å². The molecule has 0 N–H and O–H groups in total. The van der Waals surface area contributed by atoms with Crippen LogP contribution in [0.1, 0.15) is 33.6 Å². The fourth-order valence-electron chi connectivity index (χ4n) is 1.45. The first-order valence-electron chi connectivity index (χ1n) is 4.62. The van der Waals surface area contributed by atoms with Crippen LogP contribution in [-0.4, -0.2) is 23.4 Å². The average Bonchev–Trinajstić information content (AvgIpc) is 2.05. The largest absolute Gasteiger partial charge is 0.336 e. The molecule has 0 aromatic heterocycles. The number of carbonyl (C=O) groups is 1. The van der Waals surface area contributed by atoms with Crippen molar-refractivity contribution in [1.82, 2.24) is 4.90 Å². The lowest BCUT2D eigenvalue weighted by Gasteiger charge is -2.30. The van der Waals surface area contributed by atoms with Crippen molar-refractivity contribution >= 4 is 5.91 Å². The average molecular weight is 167 g/mol. The van der Waals surface area contributed by atoms with Gasteiger partial charge in [0.1, 0.15) is 0 Å². The molecule has 0 spiro atoms. The van der Waals surface area contributed by atoms with Crippen LogP contribution in [0.2, 0.25) is 0 Å². The van der Waals surface area contributed by atoms with Gasteiger partial charge in [-0.25, -0.2) is 0 Å². The molecular formula is C10H17NO. The smallest absolute Gasteiger partial charge is 0.226 e. The van der Waals surface area contributed by atoms with E-state index in [4.69, 9.17) is 0 Å². The van der Waals surface area contributed by atoms with Crippen molar-refractivity contribution in [3.8, 4) is 0 Å². The molecule has 12 heavy (non-hydrogen) atoms. The highest BCUT2D eigenvalue weighted by atomic mass is 16.2. The van der Waals surface area contributed by atoms with E-state index in [2.05, 4.69) is 26.8 Å². The first-order chi connectivity index (χ1) is 5.65. The van der Waals surface area contributed by atoms with Gasteiger partial charge in [-0.15, -0.1) is 0 Å². The van der Waals surface area contributed by atoms with Crippen LogP contribution < -0.4 is 0 Å². The molecule has 0 saturated heterocycles. The molecule has 0 aromatic carbocycles. The maximum Gasteiger partial charge on any atom is 0.226 e. The zero-order chi connectivity index (χ0) is 9.14. The lowest BCUT2D eigenvalue weighted by atomic mass is 10.1. The summed E-state index contributed by atoms with van der Waals surface area (Å²) >= 11 is 0. The normalized spacial score (nSPS) is 18.5. The van der Waals surface area contributed by atoms with Crippen molar-refractivity contribution in [3.63, 3.8) is 0 Å². The molecule has 1 amide bonds. The second kappa shape index (κ2) is 3.74. The van der Waals surface area contributed by atoms with E-state index in [0.717, 1.165) is 13.0 Å². The van der Waals surface area contributed by atoms with Crippen molar-refractivity contribution in [2.75, 3.05) is 6.54 Å². The summed E-state index contributed by atoms with van der Waals surface area (Å²) < 4.78 is 0. The summed E-state index contributed by atoms with van der Waals surface area (Å²) in [5.74, 6) is 0.266. The Morgan fingerprint density at radius 2 is 2.25 bits per heavy atom. The van der Waals surface area contributed by atoms with Crippen LogP contribution in [0.15, 0.2) is 11.6 Å². The molecule has 0 bridgehead atoms. The summed E-state index contributed by atoms with van der Waals surface area (Å²) in [4.78, 5) is 13.3. The van der Waals surface area contributed by atoms with Gasteiger partial charge < -0.3 is 4.90 Å². The first kappa shape index (κ1) is 9.30. The Morgan fingerprint density at radius 3 is 2.75 bits per heavy atom. The number of hydrogen-bond acceptors (Lipinski definition) is 1. The topological polar surface area (TPSA) is 20.3 Å². The standard InChI is InChI=1S/C10H17NO/c1-4-9-5-6-10(12)11(7-9)8(2)3/h5,8H,4,6-7H2,1-3H3. The molecule has 1 heterocycles. The predicted molar refractivity (Wildman–Crippen MR) is 49.8 cm³/mol. The Hall–Kier alpha value is -0.790. The van der Waals surface area contributed by atoms with Gasteiger partial charge in [0.15, 0.2) is 0 Å². The monoisotopic (exact) mass is 167 g/mol. The molecular weight excluding hydrogens is 150 g/mol. The Labute approximate surface area is 74.2 Å². The zero-order valence-corrected chi connectivity index (χ0v) is 8.13. The summed E-state index contributed by atoms with van der Waals surface area (Å²) in [6.45, 7) is 7.11. The lowest BCUT2D eigenvalue weighted by Crippen LogP contribution is -2.40. The van der Waals surface area contributed by atoms with Crippen molar-refractivity contribution in [2.24, 2.45) is 0 Å². The molecule has 2 nitrogen and oxygen atoms in total. The van der Waals surface area contributed by atoms with E-state index < -0.39 is 0 Å². The zero-order valence-electron chi connectivity index (χ0n) is 8.13. The number of hydrogen-bond donors (Lipinski definition) is 0. The van der Waals surface area contributed by atoms with Crippen LogP contribution in [-0.2, 0) is 4.79 Å². The third-order valence-corrected chi connectivity index (χ3v) is 2.34. The highest BCUT2D eigenvalue weighted by Crippen LogP contribution is 2.15. The molecule has 0 radical (unpaired) electrons. The summed E-state index contributed by atoms with van der Waals surface area (Å²) in [7, 11) is 0. The van der Waals surface area contributed by atoms with Gasteiger partial charge in [-0.2, -0.15) is 0 Å². The second-order valence-electron chi connectivity index (χ2n) is 3.54. The van der Waals surface area contributed by atoms with Crippen molar-refractivity contribution in [2.45, 2.75) is 39.7 Å². The Balaban J connectivity index is 2.67. The fraction of sp³-hybridized carbons (Fsp3) is 0.700. The molecule has 0 fully saturated rings. The van der Waals surface area contributed by atoms with Gasteiger partial charge in [-0.3, -0.25) is 4.79 Å². The number of rotatable bonds is 2. The van der Waals surface area contributed by atoms with E-state index in [1.54, 1.807) is 0 Å². The van der Waals surface area contributed by atoms with Crippen LogP contribution in [0.4, 0.5) is 0 Å². The van der Waals surface area contributed by atoms with Crippen LogP contribution in [0.25, 0.3) is 0 Å². The molecule has 1 rings (SSSR count). The molecule has 0 aliphatic carbocycles. The summed E-state index contributed by atoms with van der Waals surface area (Å²) in [6.07, 6.45) is 3.74. The second-order valence-corrected chi connectivity index (χ2v) is 3.54. The summed E-state index contributed by atoms with van der Waals surface area (Å²) in [6, 6.07) is 0.341. The molecule has 0 saturated carbocycles. The molecule has 68 valence electrons. The Morgan fingerprint density at radius 1 is 1.58 bits per heavy atom. The van der Waals surface area contributed by atoms with Gasteiger partial charge in [-0.1, -0.05) is 18.6 Å². The number of nitrogens with zero attached hydrogens (tertiary/aromatic N) is 1. The van der Waals surface area contributed by atoms with Gasteiger partial charge in [-0.05, 0) is 20.3 Å². The fourth-order valence-corrected chi connectivity index (χ4v) is 1.45. The highest BCUT2D eigenvalue weighted by molar-refractivity contribution is 5.79. The minimum atomic E-state index is 0.266. The minimum Gasteiger partial charge on any atom is -0.336 e. The van der Waals surface area contributed by atoms with Crippen molar-refractivity contribution in [3.05, 3.63) is 11.6 Å². The maximum atomic E-state index is 11.4. The maximum absolute atomic E-state index is 11.4. The third-order valence-electron chi connectivity index (χ3n) is 2.34. The van der Waals surface area contributed by atoms with Gasteiger partial charge in [0.2, 0.25) is 5.91 Å². The predicted octanol–water partition coefficient (Wildman–Crippen LogP) is 1.96. The van der Waals surface area contributed by atoms with E-state index in [1.807, 2.05) is 4.90 Å². The van der Waals surface area contributed by atoms with Crippen molar-refractivity contribution < 1.29 is 4.79 Å². The van der Waals surface area contributed by atoms with E-state index in [0.29, 0.717) is 12.5 Å². The van der Waals surface area contributed by atoms with Gasteiger partial charge in [0.05, 0.1) is 0 Å². The number of amides is 1. The lowest BCUT2D eigenvalue weighted by molar-refractivity contribution is -0.132. The summed E-state index contributed by atoms with van der Waals surface area (Å²) in [5.41, 5.74) is 1.39. The molecule has 1 aliphatic heterocycles. The Bertz CT molecular complexity index is 206. The highest BCUT2D eigenvalue weighted by Gasteiger charge is 2.20. The number of carbonyl (C=O) groups excluding carboxylic acids is 1. The van der Waals surface area contributed by atoms with Crippen LogP contribution in [0.5, 0.6) is 0 Å².